The number of hydrogen-bond donors (Lipinski definition) is 1. The maximum atomic E-state index is 10.4. The van der Waals surface area contributed by atoms with E-state index in [4.69, 9.17) is 4.74 Å². The summed E-state index contributed by atoms with van der Waals surface area (Å²) in [5.74, 6) is 0.352. The Labute approximate surface area is 93.1 Å². The van der Waals surface area contributed by atoms with Crippen LogP contribution in [-0.4, -0.2) is 16.6 Å². The molecule has 0 fully saturated rings. The van der Waals surface area contributed by atoms with Crippen LogP contribution >= 0.6 is 0 Å². The van der Waals surface area contributed by atoms with Gasteiger partial charge in [0, 0.05) is 13.0 Å². The molecule has 0 heterocycles. The van der Waals surface area contributed by atoms with Crippen LogP contribution in [-0.2, 0) is 0 Å². The van der Waals surface area contributed by atoms with E-state index in [1.165, 1.54) is 19.1 Å². The highest BCUT2D eigenvalue weighted by Gasteiger charge is 2.05. The van der Waals surface area contributed by atoms with Gasteiger partial charge >= 0.3 is 0 Å². The van der Waals surface area contributed by atoms with Gasteiger partial charge in [0.05, 0.1) is 11.5 Å². The Kier molecular flexibility index (Phi) is 3.88. The van der Waals surface area contributed by atoms with Crippen molar-refractivity contribution in [2.24, 2.45) is 0 Å². The van der Waals surface area contributed by atoms with Gasteiger partial charge in [-0.05, 0) is 24.6 Å². The second kappa shape index (κ2) is 5.16. The molecular formula is C11H13NO4. The summed E-state index contributed by atoms with van der Waals surface area (Å²) < 4.78 is 5.17. The fraction of sp³-hybridized carbons (Fsp3) is 0.273. The summed E-state index contributed by atoms with van der Waals surface area (Å²) in [5.41, 5.74) is 0.656. The van der Waals surface area contributed by atoms with E-state index in [-0.39, 0.29) is 11.4 Å². The Morgan fingerprint density at radius 1 is 1.62 bits per heavy atom. The number of nitrogens with zero attached hydrogens (tertiary/aromatic N) is 1. The standard InChI is InChI=1S/C11H13NO4/c1-3-16-11-7-9(4-5-10(11)13)6-8(2)12(14)15/h4-7,13H,3H2,1-2H3/b8-6-. The van der Waals surface area contributed by atoms with E-state index in [9.17, 15) is 15.2 Å². The van der Waals surface area contributed by atoms with Crippen LogP contribution in [0.15, 0.2) is 23.9 Å². The molecule has 0 aliphatic carbocycles. The topological polar surface area (TPSA) is 72.6 Å². The van der Waals surface area contributed by atoms with Gasteiger partial charge in [-0.25, -0.2) is 0 Å². The molecule has 0 spiro atoms. The predicted octanol–water partition coefficient (Wildman–Crippen LogP) is 2.43. The molecule has 0 aliphatic rings. The van der Waals surface area contributed by atoms with Crippen molar-refractivity contribution >= 4 is 6.08 Å². The Hall–Kier alpha value is -2.04. The number of benzene rings is 1. The summed E-state index contributed by atoms with van der Waals surface area (Å²) in [6.45, 7) is 3.63. The summed E-state index contributed by atoms with van der Waals surface area (Å²) in [6, 6.07) is 4.60. The highest BCUT2D eigenvalue weighted by molar-refractivity contribution is 5.56. The van der Waals surface area contributed by atoms with Crippen molar-refractivity contribution in [3.05, 3.63) is 39.6 Å². The molecule has 0 unspecified atom stereocenters. The third kappa shape index (κ3) is 2.98. The maximum Gasteiger partial charge on any atom is 0.243 e. The number of allylic oxidation sites excluding steroid dienone is 1. The van der Waals surface area contributed by atoms with Crippen LogP contribution in [0.3, 0.4) is 0 Å². The van der Waals surface area contributed by atoms with Crippen LogP contribution in [0.25, 0.3) is 6.08 Å². The Bertz CT molecular complexity index is 426. The first-order chi connectivity index (χ1) is 7.54. The fourth-order valence-corrected chi connectivity index (χ4v) is 1.19. The molecule has 86 valence electrons. The quantitative estimate of drug-likeness (QED) is 0.628. The van der Waals surface area contributed by atoms with Crippen molar-refractivity contribution in [3.8, 4) is 11.5 Å². The number of phenolic OH excluding ortho intramolecular Hbond substituents is 1. The van der Waals surface area contributed by atoms with E-state index in [0.717, 1.165) is 0 Å². The van der Waals surface area contributed by atoms with Crippen molar-refractivity contribution in [1.29, 1.82) is 0 Å². The van der Waals surface area contributed by atoms with Crippen molar-refractivity contribution in [1.82, 2.24) is 0 Å². The van der Waals surface area contributed by atoms with Crippen LogP contribution in [0.1, 0.15) is 19.4 Å². The molecule has 1 rings (SSSR count). The lowest BCUT2D eigenvalue weighted by atomic mass is 10.2. The van der Waals surface area contributed by atoms with E-state index >= 15 is 0 Å². The van der Waals surface area contributed by atoms with Crippen LogP contribution < -0.4 is 4.74 Å². The molecule has 0 bridgehead atoms. The lowest BCUT2D eigenvalue weighted by molar-refractivity contribution is -0.422. The lowest BCUT2D eigenvalue weighted by Crippen LogP contribution is -1.94. The molecule has 5 nitrogen and oxygen atoms in total. The number of phenols is 1. The lowest BCUT2D eigenvalue weighted by Gasteiger charge is -2.05. The Balaban J connectivity index is 3.03. The van der Waals surface area contributed by atoms with Gasteiger partial charge in [-0.15, -0.1) is 0 Å². The molecule has 0 aliphatic heterocycles. The number of ether oxygens (including phenoxy) is 1. The molecule has 0 aromatic heterocycles. The van der Waals surface area contributed by atoms with E-state index in [2.05, 4.69) is 0 Å². The Morgan fingerprint density at radius 2 is 2.31 bits per heavy atom. The summed E-state index contributed by atoms with van der Waals surface area (Å²) in [6.07, 6.45) is 1.42. The van der Waals surface area contributed by atoms with Crippen molar-refractivity contribution < 1.29 is 14.8 Å². The van der Waals surface area contributed by atoms with Crippen LogP contribution in [0.4, 0.5) is 0 Å². The molecular weight excluding hydrogens is 210 g/mol. The monoisotopic (exact) mass is 223 g/mol. The number of rotatable bonds is 4. The zero-order chi connectivity index (χ0) is 12.1. The summed E-state index contributed by atoms with van der Waals surface area (Å²) in [4.78, 5) is 9.97. The third-order valence-electron chi connectivity index (χ3n) is 1.95. The van der Waals surface area contributed by atoms with E-state index in [1.54, 1.807) is 19.1 Å². The van der Waals surface area contributed by atoms with Gasteiger partial charge in [0.2, 0.25) is 5.70 Å². The largest absolute Gasteiger partial charge is 0.504 e. The fourth-order valence-electron chi connectivity index (χ4n) is 1.19. The van der Waals surface area contributed by atoms with Crippen molar-refractivity contribution in [2.45, 2.75) is 13.8 Å². The summed E-state index contributed by atoms with van der Waals surface area (Å²) in [5, 5.41) is 19.9. The molecule has 0 saturated heterocycles. The van der Waals surface area contributed by atoms with Gasteiger partial charge in [-0.2, -0.15) is 0 Å². The van der Waals surface area contributed by atoms with Gasteiger partial charge in [0.1, 0.15) is 0 Å². The zero-order valence-corrected chi connectivity index (χ0v) is 9.14. The van der Waals surface area contributed by atoms with Gasteiger partial charge in [0.15, 0.2) is 11.5 Å². The molecule has 16 heavy (non-hydrogen) atoms. The summed E-state index contributed by atoms with van der Waals surface area (Å²) >= 11 is 0. The van der Waals surface area contributed by atoms with Crippen LogP contribution in [0, 0.1) is 10.1 Å². The van der Waals surface area contributed by atoms with Crippen LogP contribution in [0.5, 0.6) is 11.5 Å². The molecule has 0 saturated carbocycles. The van der Waals surface area contributed by atoms with Gasteiger partial charge in [-0.1, -0.05) is 6.07 Å². The average Bonchev–Trinajstić information content (AvgIpc) is 2.23. The van der Waals surface area contributed by atoms with Gasteiger partial charge in [-0.3, -0.25) is 10.1 Å². The minimum atomic E-state index is -0.465. The maximum absolute atomic E-state index is 10.4. The van der Waals surface area contributed by atoms with Crippen molar-refractivity contribution in [2.75, 3.05) is 6.61 Å². The van der Waals surface area contributed by atoms with E-state index in [0.29, 0.717) is 17.9 Å². The average molecular weight is 223 g/mol. The van der Waals surface area contributed by atoms with Crippen LogP contribution in [0.2, 0.25) is 0 Å². The number of hydrogen-bond acceptors (Lipinski definition) is 4. The molecule has 5 heteroatoms. The zero-order valence-electron chi connectivity index (χ0n) is 9.14. The van der Waals surface area contributed by atoms with E-state index in [1.807, 2.05) is 0 Å². The first-order valence-electron chi connectivity index (χ1n) is 4.83. The Morgan fingerprint density at radius 3 is 2.88 bits per heavy atom. The number of nitro groups is 1. The van der Waals surface area contributed by atoms with E-state index < -0.39 is 4.92 Å². The normalized spacial score (nSPS) is 11.2. The molecule has 1 aromatic rings. The first-order valence-corrected chi connectivity index (χ1v) is 4.83. The second-order valence-corrected chi connectivity index (χ2v) is 3.20. The molecule has 0 radical (unpaired) electrons. The van der Waals surface area contributed by atoms with Gasteiger partial charge in [0.25, 0.3) is 0 Å². The minimum absolute atomic E-state index is 0.0257. The molecule has 1 aromatic carbocycles. The summed E-state index contributed by atoms with van der Waals surface area (Å²) in [7, 11) is 0. The first kappa shape index (κ1) is 12.0. The van der Waals surface area contributed by atoms with Gasteiger partial charge < -0.3 is 9.84 Å². The molecule has 0 amide bonds. The highest BCUT2D eigenvalue weighted by Crippen LogP contribution is 2.27. The smallest absolute Gasteiger partial charge is 0.243 e. The predicted molar refractivity (Wildman–Crippen MR) is 59.9 cm³/mol. The second-order valence-electron chi connectivity index (χ2n) is 3.20. The SMILES string of the molecule is CCOc1cc(/C=C(/C)[N+](=O)[O-])ccc1O. The third-order valence-corrected chi connectivity index (χ3v) is 1.95. The molecule has 0 atom stereocenters. The molecule has 1 N–H and O–H groups in total. The minimum Gasteiger partial charge on any atom is -0.504 e. The highest BCUT2D eigenvalue weighted by atomic mass is 16.6. The number of aromatic hydroxyl groups is 1. The van der Waals surface area contributed by atoms with Crippen molar-refractivity contribution in [3.63, 3.8) is 0 Å².